The molecule has 2 N–H and O–H groups in total. The number of nitrogens with two attached hydrogens (primary N) is 1. The number of ether oxygens (including phenoxy) is 1. The summed E-state index contributed by atoms with van der Waals surface area (Å²) in [5.74, 6) is 0.544. The van der Waals surface area contributed by atoms with Gasteiger partial charge >= 0.3 is 0 Å². The lowest BCUT2D eigenvalue weighted by atomic mass is 10.1. The van der Waals surface area contributed by atoms with Crippen LogP contribution in [0.1, 0.15) is 25.7 Å². The van der Waals surface area contributed by atoms with E-state index >= 15 is 0 Å². The summed E-state index contributed by atoms with van der Waals surface area (Å²) in [6.07, 6.45) is 4.00. The lowest BCUT2D eigenvalue weighted by Crippen LogP contribution is -2.45. The van der Waals surface area contributed by atoms with E-state index in [9.17, 15) is 4.79 Å². The van der Waals surface area contributed by atoms with E-state index in [1.807, 2.05) is 0 Å². The van der Waals surface area contributed by atoms with Gasteiger partial charge in [0.15, 0.2) is 0 Å². The number of carbonyl (C=O) groups is 1. The Balaban J connectivity index is 0.00000110. The Kier molecular flexibility index (Phi) is 7.71. The van der Waals surface area contributed by atoms with Crippen molar-refractivity contribution in [2.24, 2.45) is 11.7 Å². The minimum atomic E-state index is 0. The van der Waals surface area contributed by atoms with Gasteiger partial charge in [0.1, 0.15) is 0 Å². The third-order valence-corrected chi connectivity index (χ3v) is 4.86. The molecular formula is C14H27Cl2N3O2. The number of nitrogens with zero attached hydrogens (tertiary/aromatic N) is 2. The van der Waals surface area contributed by atoms with Gasteiger partial charge in [-0.15, -0.1) is 24.8 Å². The lowest BCUT2D eigenvalue weighted by molar-refractivity contribution is -0.134. The molecule has 0 bridgehead atoms. The van der Waals surface area contributed by atoms with Gasteiger partial charge in [0.05, 0.1) is 13.2 Å². The first kappa shape index (κ1) is 19.0. The molecule has 3 unspecified atom stereocenters. The first-order valence-corrected chi connectivity index (χ1v) is 7.60. The highest BCUT2D eigenvalue weighted by Gasteiger charge is 2.36. The quantitative estimate of drug-likeness (QED) is 0.811. The maximum Gasteiger partial charge on any atom is 0.225 e. The highest BCUT2D eigenvalue weighted by molar-refractivity contribution is 5.85. The maximum atomic E-state index is 12.4. The molecular weight excluding hydrogens is 313 g/mol. The van der Waals surface area contributed by atoms with Gasteiger partial charge in [0.2, 0.25) is 5.91 Å². The predicted molar refractivity (Wildman–Crippen MR) is 87.2 cm³/mol. The van der Waals surface area contributed by atoms with E-state index in [0.717, 1.165) is 65.1 Å². The number of carbonyl (C=O) groups excluding carboxylic acids is 1. The van der Waals surface area contributed by atoms with Crippen molar-refractivity contribution in [2.75, 3.05) is 39.4 Å². The Morgan fingerprint density at radius 3 is 2.38 bits per heavy atom. The molecule has 2 heterocycles. The Morgan fingerprint density at radius 2 is 1.76 bits per heavy atom. The van der Waals surface area contributed by atoms with Crippen LogP contribution in [0.15, 0.2) is 0 Å². The molecule has 2 saturated heterocycles. The summed E-state index contributed by atoms with van der Waals surface area (Å²) in [6.45, 7) is 5.53. The van der Waals surface area contributed by atoms with Gasteiger partial charge in [-0.2, -0.15) is 0 Å². The summed E-state index contributed by atoms with van der Waals surface area (Å²) in [5.41, 5.74) is 5.91. The van der Waals surface area contributed by atoms with Gasteiger partial charge in [-0.3, -0.25) is 9.69 Å². The van der Waals surface area contributed by atoms with Crippen molar-refractivity contribution >= 4 is 30.7 Å². The first-order valence-electron chi connectivity index (χ1n) is 7.60. The molecule has 5 nitrogen and oxygen atoms in total. The number of morpholine rings is 1. The zero-order chi connectivity index (χ0) is 13.2. The fraction of sp³-hybridized carbons (Fsp3) is 0.929. The van der Waals surface area contributed by atoms with Gasteiger partial charge in [-0.25, -0.2) is 0 Å². The predicted octanol–water partition coefficient (Wildman–Crippen LogP) is 0.890. The smallest absolute Gasteiger partial charge is 0.225 e. The summed E-state index contributed by atoms with van der Waals surface area (Å²) in [7, 11) is 0. The third kappa shape index (κ3) is 4.45. The van der Waals surface area contributed by atoms with Gasteiger partial charge in [-0.05, 0) is 25.7 Å². The van der Waals surface area contributed by atoms with Crippen molar-refractivity contribution in [2.45, 2.75) is 37.8 Å². The van der Waals surface area contributed by atoms with Crippen molar-refractivity contribution < 1.29 is 9.53 Å². The maximum absolute atomic E-state index is 12.4. The van der Waals surface area contributed by atoms with Crippen LogP contribution in [-0.2, 0) is 9.53 Å². The van der Waals surface area contributed by atoms with Crippen LogP contribution >= 0.6 is 24.8 Å². The average Bonchev–Trinajstić information content (AvgIpc) is 3.08. The Labute approximate surface area is 139 Å². The molecule has 7 heteroatoms. The summed E-state index contributed by atoms with van der Waals surface area (Å²) in [6, 6.07) is 0.787. The van der Waals surface area contributed by atoms with Crippen LogP contribution in [-0.4, -0.2) is 67.2 Å². The van der Waals surface area contributed by atoms with Gasteiger partial charge < -0.3 is 15.4 Å². The molecule has 21 heavy (non-hydrogen) atoms. The van der Waals surface area contributed by atoms with Crippen LogP contribution in [0.4, 0.5) is 0 Å². The van der Waals surface area contributed by atoms with Crippen LogP contribution in [0.5, 0.6) is 0 Å². The summed E-state index contributed by atoms with van der Waals surface area (Å²) >= 11 is 0. The molecule has 0 aromatic heterocycles. The topological polar surface area (TPSA) is 58.8 Å². The fourth-order valence-corrected chi connectivity index (χ4v) is 3.68. The standard InChI is InChI=1S/C14H25N3O2.2ClH/c15-12-2-1-11(9-12)14(18)17-4-3-13(10-17)16-5-7-19-8-6-16;;/h11-13H,1-10,15H2;2*1H. The van der Waals surface area contributed by atoms with Crippen LogP contribution in [0.3, 0.4) is 0 Å². The molecule has 1 aliphatic carbocycles. The van der Waals surface area contributed by atoms with Crippen molar-refractivity contribution in [1.29, 1.82) is 0 Å². The molecule has 3 atom stereocenters. The monoisotopic (exact) mass is 339 g/mol. The van der Waals surface area contributed by atoms with Crippen LogP contribution in [0.2, 0.25) is 0 Å². The molecule has 0 aromatic rings. The number of amides is 1. The van der Waals surface area contributed by atoms with Crippen LogP contribution < -0.4 is 5.73 Å². The minimum absolute atomic E-state index is 0. The van der Waals surface area contributed by atoms with E-state index in [-0.39, 0.29) is 36.8 Å². The van der Waals surface area contributed by atoms with E-state index in [4.69, 9.17) is 10.5 Å². The van der Waals surface area contributed by atoms with E-state index in [2.05, 4.69) is 9.80 Å². The van der Waals surface area contributed by atoms with Crippen molar-refractivity contribution in [3.63, 3.8) is 0 Å². The largest absolute Gasteiger partial charge is 0.379 e. The Bertz CT molecular complexity index is 340. The summed E-state index contributed by atoms with van der Waals surface area (Å²) in [4.78, 5) is 17.0. The van der Waals surface area contributed by atoms with Crippen LogP contribution in [0, 0.1) is 5.92 Å². The van der Waals surface area contributed by atoms with E-state index < -0.39 is 0 Å². The minimum Gasteiger partial charge on any atom is -0.379 e. The molecule has 3 rings (SSSR count). The fourth-order valence-electron chi connectivity index (χ4n) is 3.68. The highest BCUT2D eigenvalue weighted by atomic mass is 35.5. The number of likely N-dealkylation sites (tertiary alicyclic amines) is 1. The van der Waals surface area contributed by atoms with Crippen molar-refractivity contribution in [3.8, 4) is 0 Å². The average molecular weight is 340 g/mol. The second-order valence-electron chi connectivity index (χ2n) is 6.15. The molecule has 1 amide bonds. The van der Waals surface area contributed by atoms with Gasteiger partial charge in [-0.1, -0.05) is 0 Å². The molecule has 2 aliphatic heterocycles. The molecule has 0 spiro atoms. The number of halogens is 2. The number of rotatable bonds is 2. The molecule has 0 radical (unpaired) electrons. The first-order chi connectivity index (χ1) is 9.24. The summed E-state index contributed by atoms with van der Waals surface area (Å²) < 4.78 is 5.39. The van der Waals surface area contributed by atoms with E-state index in [0.29, 0.717) is 11.9 Å². The normalized spacial score (nSPS) is 33.4. The lowest BCUT2D eigenvalue weighted by Gasteiger charge is -2.32. The van der Waals surface area contributed by atoms with Gasteiger partial charge in [0.25, 0.3) is 0 Å². The second-order valence-corrected chi connectivity index (χ2v) is 6.15. The Hall–Kier alpha value is -0.0700. The zero-order valence-corrected chi connectivity index (χ0v) is 14.0. The van der Waals surface area contributed by atoms with Gasteiger partial charge in [0, 0.05) is 44.2 Å². The van der Waals surface area contributed by atoms with Crippen molar-refractivity contribution in [1.82, 2.24) is 9.80 Å². The Morgan fingerprint density at radius 1 is 1.05 bits per heavy atom. The van der Waals surface area contributed by atoms with E-state index in [1.54, 1.807) is 0 Å². The number of hydrogen-bond acceptors (Lipinski definition) is 4. The zero-order valence-electron chi connectivity index (χ0n) is 12.4. The summed E-state index contributed by atoms with van der Waals surface area (Å²) in [5, 5.41) is 0. The van der Waals surface area contributed by atoms with E-state index in [1.165, 1.54) is 0 Å². The molecule has 1 saturated carbocycles. The SMILES string of the molecule is Cl.Cl.NC1CCC(C(=O)N2CCC(N3CCOCC3)C2)C1. The second kappa shape index (κ2) is 8.53. The number of hydrogen-bond donors (Lipinski definition) is 1. The molecule has 124 valence electrons. The van der Waals surface area contributed by atoms with Crippen molar-refractivity contribution in [3.05, 3.63) is 0 Å². The molecule has 3 fully saturated rings. The third-order valence-electron chi connectivity index (χ3n) is 4.86. The van der Waals surface area contributed by atoms with Crippen LogP contribution in [0.25, 0.3) is 0 Å². The molecule has 0 aromatic carbocycles. The highest BCUT2D eigenvalue weighted by Crippen LogP contribution is 2.28. The molecule has 3 aliphatic rings.